The summed E-state index contributed by atoms with van der Waals surface area (Å²) in [4.78, 5) is 16.4. The number of aliphatic hydroxyl groups excluding tert-OH is 1. The van der Waals surface area contributed by atoms with Gasteiger partial charge in [-0.2, -0.15) is 11.8 Å². The van der Waals surface area contributed by atoms with E-state index >= 15 is 0 Å². The molecule has 0 aliphatic carbocycles. The van der Waals surface area contributed by atoms with Crippen LogP contribution in [0.15, 0.2) is 0 Å². The molecular weight excluding hydrogens is 248 g/mol. The van der Waals surface area contributed by atoms with E-state index in [0.29, 0.717) is 11.8 Å². The lowest BCUT2D eigenvalue weighted by Crippen LogP contribution is -2.49. The van der Waals surface area contributed by atoms with Crippen LogP contribution in [-0.2, 0) is 4.79 Å². The van der Waals surface area contributed by atoms with E-state index < -0.39 is 0 Å². The standard InChI is InChI=1S/C13H24N2O2S/c16-8-7-14-3-5-15(6-4-14)13(17)11-12-1-9-18-10-2-12/h12,16H,1-11H2. The largest absolute Gasteiger partial charge is 0.395 e. The van der Waals surface area contributed by atoms with E-state index in [2.05, 4.69) is 4.90 Å². The Hall–Kier alpha value is -0.260. The van der Waals surface area contributed by atoms with Crippen LogP contribution in [0.25, 0.3) is 0 Å². The van der Waals surface area contributed by atoms with Crippen LogP contribution in [0.4, 0.5) is 0 Å². The van der Waals surface area contributed by atoms with Crippen molar-refractivity contribution in [3.05, 3.63) is 0 Å². The van der Waals surface area contributed by atoms with Crippen LogP contribution in [0.2, 0.25) is 0 Å². The Labute approximate surface area is 114 Å². The maximum Gasteiger partial charge on any atom is 0.222 e. The summed E-state index contributed by atoms with van der Waals surface area (Å²) in [5, 5.41) is 8.89. The van der Waals surface area contributed by atoms with Gasteiger partial charge in [-0.3, -0.25) is 9.69 Å². The highest BCUT2D eigenvalue weighted by molar-refractivity contribution is 7.99. The third-order valence-corrected chi connectivity index (χ3v) is 4.99. The minimum atomic E-state index is 0.216. The molecule has 1 N–H and O–H groups in total. The van der Waals surface area contributed by atoms with Gasteiger partial charge in [0.25, 0.3) is 0 Å². The number of piperazine rings is 1. The molecule has 0 spiro atoms. The molecule has 0 atom stereocenters. The van der Waals surface area contributed by atoms with Crippen molar-refractivity contribution in [1.82, 2.24) is 9.80 Å². The average Bonchev–Trinajstić information content (AvgIpc) is 2.41. The first-order valence-corrected chi connectivity index (χ1v) is 8.14. The second kappa shape index (κ2) is 7.36. The third-order valence-electron chi connectivity index (χ3n) is 3.95. The number of rotatable bonds is 4. The van der Waals surface area contributed by atoms with Crippen molar-refractivity contribution in [1.29, 1.82) is 0 Å². The number of carbonyl (C=O) groups excluding carboxylic acids is 1. The Bertz CT molecular complexity index is 262. The van der Waals surface area contributed by atoms with Crippen LogP contribution in [0, 0.1) is 5.92 Å². The smallest absolute Gasteiger partial charge is 0.222 e. The monoisotopic (exact) mass is 272 g/mol. The van der Waals surface area contributed by atoms with Crippen molar-refractivity contribution >= 4 is 17.7 Å². The van der Waals surface area contributed by atoms with Crippen LogP contribution in [0.5, 0.6) is 0 Å². The lowest BCUT2D eigenvalue weighted by atomic mass is 9.98. The second-order valence-electron chi connectivity index (χ2n) is 5.21. The van der Waals surface area contributed by atoms with Crippen LogP contribution >= 0.6 is 11.8 Å². The molecule has 2 saturated heterocycles. The minimum absolute atomic E-state index is 0.216. The fraction of sp³-hybridized carbons (Fsp3) is 0.923. The summed E-state index contributed by atoms with van der Waals surface area (Å²) in [6.45, 7) is 4.44. The van der Waals surface area contributed by atoms with Crippen LogP contribution in [0.1, 0.15) is 19.3 Å². The van der Waals surface area contributed by atoms with Gasteiger partial charge in [0, 0.05) is 39.1 Å². The average molecular weight is 272 g/mol. The molecule has 0 aromatic rings. The molecule has 4 nitrogen and oxygen atoms in total. The highest BCUT2D eigenvalue weighted by Crippen LogP contribution is 2.25. The van der Waals surface area contributed by atoms with Crippen LogP contribution in [0.3, 0.4) is 0 Å². The summed E-state index contributed by atoms with van der Waals surface area (Å²) in [5.41, 5.74) is 0. The maximum absolute atomic E-state index is 12.2. The fourth-order valence-electron chi connectivity index (χ4n) is 2.69. The first kappa shape index (κ1) is 14.2. The predicted octanol–water partition coefficient (Wildman–Crippen LogP) is 0.656. The van der Waals surface area contributed by atoms with E-state index in [1.54, 1.807) is 0 Å². The summed E-state index contributed by atoms with van der Waals surface area (Å²) in [7, 11) is 0. The quantitative estimate of drug-likeness (QED) is 0.816. The third kappa shape index (κ3) is 4.14. The molecular formula is C13H24N2O2S. The summed E-state index contributed by atoms with van der Waals surface area (Å²) >= 11 is 2.01. The number of nitrogens with zero attached hydrogens (tertiary/aromatic N) is 2. The molecule has 0 unspecified atom stereocenters. The van der Waals surface area contributed by atoms with Gasteiger partial charge in [0.05, 0.1) is 6.61 Å². The lowest BCUT2D eigenvalue weighted by Gasteiger charge is -2.35. The number of hydrogen-bond donors (Lipinski definition) is 1. The molecule has 0 saturated carbocycles. The summed E-state index contributed by atoms with van der Waals surface area (Å²) in [5.74, 6) is 3.41. The number of amides is 1. The van der Waals surface area contributed by atoms with Crippen LogP contribution in [-0.4, -0.2) is 71.6 Å². The van der Waals surface area contributed by atoms with Gasteiger partial charge in [0.1, 0.15) is 0 Å². The maximum atomic E-state index is 12.2. The van der Waals surface area contributed by atoms with E-state index in [-0.39, 0.29) is 6.61 Å². The van der Waals surface area contributed by atoms with E-state index in [9.17, 15) is 4.79 Å². The Morgan fingerprint density at radius 1 is 1.17 bits per heavy atom. The Balaban J connectivity index is 1.70. The highest BCUT2D eigenvalue weighted by atomic mass is 32.2. The molecule has 2 fully saturated rings. The number of β-amino-alcohol motifs (C(OH)–C–C–N with tert-alkyl or cyclic N) is 1. The first-order chi connectivity index (χ1) is 8.79. The highest BCUT2D eigenvalue weighted by Gasteiger charge is 2.24. The normalized spacial score (nSPS) is 23.3. The Morgan fingerprint density at radius 2 is 1.83 bits per heavy atom. The van der Waals surface area contributed by atoms with Crippen LogP contribution < -0.4 is 0 Å². The minimum Gasteiger partial charge on any atom is -0.395 e. The van der Waals surface area contributed by atoms with Crippen molar-refractivity contribution < 1.29 is 9.90 Å². The number of carbonyl (C=O) groups is 1. The molecule has 2 rings (SSSR count). The van der Waals surface area contributed by atoms with Gasteiger partial charge in [0.2, 0.25) is 5.91 Å². The SMILES string of the molecule is O=C(CC1CCSCC1)N1CCN(CCO)CC1. The van der Waals surface area contributed by atoms with Gasteiger partial charge in [-0.15, -0.1) is 0 Å². The van der Waals surface area contributed by atoms with Crippen molar-refractivity contribution in [3.8, 4) is 0 Å². The van der Waals surface area contributed by atoms with Crippen molar-refractivity contribution in [2.45, 2.75) is 19.3 Å². The molecule has 0 aromatic heterocycles. The molecule has 2 aliphatic heterocycles. The van der Waals surface area contributed by atoms with Gasteiger partial charge < -0.3 is 10.0 Å². The van der Waals surface area contributed by atoms with Crippen molar-refractivity contribution in [2.75, 3.05) is 50.8 Å². The molecule has 0 aromatic carbocycles. The molecule has 0 radical (unpaired) electrons. The molecule has 1 amide bonds. The molecule has 2 aliphatic rings. The summed E-state index contributed by atoms with van der Waals surface area (Å²) < 4.78 is 0. The second-order valence-corrected chi connectivity index (χ2v) is 6.43. The molecule has 5 heteroatoms. The van der Waals surface area contributed by atoms with Gasteiger partial charge in [0.15, 0.2) is 0 Å². The Morgan fingerprint density at radius 3 is 2.44 bits per heavy atom. The van der Waals surface area contributed by atoms with Crippen molar-refractivity contribution in [3.63, 3.8) is 0 Å². The van der Waals surface area contributed by atoms with Crippen molar-refractivity contribution in [2.24, 2.45) is 5.92 Å². The van der Waals surface area contributed by atoms with E-state index in [1.807, 2.05) is 16.7 Å². The Kier molecular flexibility index (Phi) is 5.79. The molecule has 2 heterocycles. The number of hydrogen-bond acceptors (Lipinski definition) is 4. The zero-order valence-electron chi connectivity index (χ0n) is 11.0. The van der Waals surface area contributed by atoms with Gasteiger partial charge in [-0.05, 0) is 30.3 Å². The first-order valence-electron chi connectivity index (χ1n) is 6.98. The topological polar surface area (TPSA) is 43.8 Å². The number of thioether (sulfide) groups is 1. The molecule has 0 bridgehead atoms. The van der Waals surface area contributed by atoms with Gasteiger partial charge >= 0.3 is 0 Å². The van der Waals surface area contributed by atoms with Gasteiger partial charge in [-0.25, -0.2) is 0 Å². The summed E-state index contributed by atoms with van der Waals surface area (Å²) in [6, 6.07) is 0. The van der Waals surface area contributed by atoms with E-state index in [0.717, 1.165) is 39.1 Å². The zero-order valence-corrected chi connectivity index (χ0v) is 11.8. The van der Waals surface area contributed by atoms with Gasteiger partial charge in [-0.1, -0.05) is 0 Å². The zero-order chi connectivity index (χ0) is 12.8. The predicted molar refractivity (Wildman–Crippen MR) is 74.8 cm³/mol. The molecule has 18 heavy (non-hydrogen) atoms. The number of aliphatic hydroxyl groups is 1. The van der Waals surface area contributed by atoms with E-state index in [4.69, 9.17) is 5.11 Å². The fourth-order valence-corrected chi connectivity index (χ4v) is 3.89. The molecule has 104 valence electrons. The van der Waals surface area contributed by atoms with E-state index in [1.165, 1.54) is 24.3 Å². The summed E-state index contributed by atoms with van der Waals surface area (Å²) in [6.07, 6.45) is 3.17. The lowest BCUT2D eigenvalue weighted by molar-refractivity contribution is -0.134.